The highest BCUT2D eigenvalue weighted by Crippen LogP contribution is 2.22. The van der Waals surface area contributed by atoms with E-state index in [1.54, 1.807) is 13.8 Å². The van der Waals surface area contributed by atoms with Gasteiger partial charge in [0, 0.05) is 0 Å². The Bertz CT molecular complexity index is 551. The highest BCUT2D eigenvalue weighted by molar-refractivity contribution is 5.95. The van der Waals surface area contributed by atoms with Gasteiger partial charge in [0.2, 0.25) is 5.82 Å². The topological polar surface area (TPSA) is 92.5 Å². The SMILES string of the molecule is CCC(CC)(CO)NC(=O)c1cc(F)c([N+](=O)[O-])cc1F. The summed E-state index contributed by atoms with van der Waals surface area (Å²) in [6.07, 6.45) is 0.783. The van der Waals surface area contributed by atoms with Crippen LogP contribution in [0.4, 0.5) is 14.5 Å². The number of nitro benzene ring substituents is 1. The quantitative estimate of drug-likeness (QED) is 0.622. The van der Waals surface area contributed by atoms with E-state index in [1.165, 1.54) is 0 Å². The van der Waals surface area contributed by atoms with E-state index in [1.807, 2.05) is 0 Å². The van der Waals surface area contributed by atoms with E-state index in [0.717, 1.165) is 0 Å². The molecular weight excluding hydrogens is 286 g/mol. The van der Waals surface area contributed by atoms with E-state index in [-0.39, 0.29) is 6.61 Å². The number of hydrogen-bond acceptors (Lipinski definition) is 4. The highest BCUT2D eigenvalue weighted by atomic mass is 19.1. The first kappa shape index (κ1) is 17.0. The van der Waals surface area contributed by atoms with E-state index in [0.29, 0.717) is 25.0 Å². The average Bonchev–Trinajstić information content (AvgIpc) is 2.46. The van der Waals surface area contributed by atoms with Gasteiger partial charge in [-0.3, -0.25) is 14.9 Å². The Morgan fingerprint density at radius 3 is 2.33 bits per heavy atom. The van der Waals surface area contributed by atoms with Crippen LogP contribution in [0.5, 0.6) is 0 Å². The first-order chi connectivity index (χ1) is 9.80. The van der Waals surface area contributed by atoms with Crippen LogP contribution < -0.4 is 5.32 Å². The van der Waals surface area contributed by atoms with Crippen molar-refractivity contribution in [3.8, 4) is 0 Å². The van der Waals surface area contributed by atoms with Crippen LogP contribution in [-0.4, -0.2) is 28.1 Å². The van der Waals surface area contributed by atoms with Crippen molar-refractivity contribution in [2.24, 2.45) is 0 Å². The summed E-state index contributed by atoms with van der Waals surface area (Å²) in [5, 5.41) is 22.3. The molecular formula is C13H16F2N2O4. The standard InChI is InChI=1S/C13H16F2N2O4/c1-3-13(4-2,7-18)16-12(19)8-5-10(15)11(17(20)21)6-9(8)14/h5-6,18H,3-4,7H2,1-2H3,(H,16,19). The van der Waals surface area contributed by atoms with Gasteiger partial charge >= 0.3 is 5.69 Å². The van der Waals surface area contributed by atoms with Crippen molar-refractivity contribution in [3.63, 3.8) is 0 Å². The number of nitrogens with zero attached hydrogens (tertiary/aromatic N) is 1. The first-order valence-electron chi connectivity index (χ1n) is 6.37. The molecule has 0 bridgehead atoms. The van der Waals surface area contributed by atoms with Crippen molar-refractivity contribution < 1.29 is 23.6 Å². The van der Waals surface area contributed by atoms with Crippen LogP contribution in [0.3, 0.4) is 0 Å². The number of rotatable bonds is 6. The molecule has 0 aliphatic carbocycles. The Morgan fingerprint density at radius 1 is 1.33 bits per heavy atom. The molecule has 2 N–H and O–H groups in total. The maximum absolute atomic E-state index is 13.7. The number of carbonyl (C=O) groups excluding carboxylic acids is 1. The van der Waals surface area contributed by atoms with E-state index in [4.69, 9.17) is 0 Å². The van der Waals surface area contributed by atoms with Crippen LogP contribution in [-0.2, 0) is 0 Å². The number of nitro groups is 1. The summed E-state index contributed by atoms with van der Waals surface area (Å²) in [7, 11) is 0. The van der Waals surface area contributed by atoms with E-state index in [2.05, 4.69) is 5.32 Å². The van der Waals surface area contributed by atoms with Crippen LogP contribution in [0.2, 0.25) is 0 Å². The molecule has 0 heterocycles. The molecule has 1 rings (SSSR count). The first-order valence-corrected chi connectivity index (χ1v) is 6.37. The molecule has 6 nitrogen and oxygen atoms in total. The third kappa shape index (κ3) is 3.52. The second-order valence-electron chi connectivity index (χ2n) is 4.64. The maximum Gasteiger partial charge on any atom is 0.307 e. The molecule has 1 aromatic carbocycles. The summed E-state index contributed by atoms with van der Waals surface area (Å²) >= 11 is 0. The molecule has 0 aliphatic heterocycles. The van der Waals surface area contributed by atoms with Crippen molar-refractivity contribution in [3.05, 3.63) is 39.4 Å². The van der Waals surface area contributed by atoms with Gasteiger partial charge < -0.3 is 10.4 Å². The predicted octanol–water partition coefficient (Wildman–Crippen LogP) is 2.15. The lowest BCUT2D eigenvalue weighted by atomic mass is 9.93. The normalized spacial score (nSPS) is 11.3. The van der Waals surface area contributed by atoms with Crippen molar-refractivity contribution in [1.82, 2.24) is 5.32 Å². The van der Waals surface area contributed by atoms with Crippen molar-refractivity contribution >= 4 is 11.6 Å². The van der Waals surface area contributed by atoms with Gasteiger partial charge in [0.15, 0.2) is 0 Å². The fourth-order valence-corrected chi connectivity index (χ4v) is 1.85. The van der Waals surface area contributed by atoms with Crippen LogP contribution in [0.25, 0.3) is 0 Å². The fourth-order valence-electron chi connectivity index (χ4n) is 1.85. The Morgan fingerprint density at radius 2 is 1.90 bits per heavy atom. The number of aliphatic hydroxyl groups is 1. The molecule has 0 fully saturated rings. The Hall–Kier alpha value is -2.09. The summed E-state index contributed by atoms with van der Waals surface area (Å²) in [5.41, 5.74) is -2.62. The van der Waals surface area contributed by atoms with Crippen molar-refractivity contribution in [2.75, 3.05) is 6.61 Å². The van der Waals surface area contributed by atoms with Gasteiger partial charge in [-0.15, -0.1) is 0 Å². The molecule has 1 aromatic rings. The van der Waals surface area contributed by atoms with Crippen LogP contribution in [0.1, 0.15) is 37.0 Å². The van der Waals surface area contributed by atoms with Crippen LogP contribution in [0.15, 0.2) is 12.1 Å². The van der Waals surface area contributed by atoms with Gasteiger partial charge in [-0.25, -0.2) is 4.39 Å². The van der Waals surface area contributed by atoms with Gasteiger partial charge in [0.1, 0.15) is 5.82 Å². The molecule has 0 aliphatic rings. The molecule has 0 radical (unpaired) electrons. The number of aliphatic hydroxyl groups excluding tert-OH is 1. The molecule has 0 unspecified atom stereocenters. The van der Waals surface area contributed by atoms with Gasteiger partial charge in [0.25, 0.3) is 5.91 Å². The largest absolute Gasteiger partial charge is 0.394 e. The zero-order chi connectivity index (χ0) is 16.2. The number of nitrogens with one attached hydrogen (secondary N) is 1. The molecule has 1 amide bonds. The number of benzene rings is 1. The second-order valence-corrected chi connectivity index (χ2v) is 4.64. The van der Waals surface area contributed by atoms with Gasteiger partial charge in [0.05, 0.1) is 28.7 Å². The summed E-state index contributed by atoms with van der Waals surface area (Å²) < 4.78 is 27.2. The van der Waals surface area contributed by atoms with Crippen molar-refractivity contribution in [1.29, 1.82) is 0 Å². The monoisotopic (exact) mass is 302 g/mol. The van der Waals surface area contributed by atoms with E-state index < -0.39 is 39.3 Å². The molecule has 0 saturated heterocycles. The number of amides is 1. The van der Waals surface area contributed by atoms with E-state index >= 15 is 0 Å². The van der Waals surface area contributed by atoms with Gasteiger partial charge in [-0.1, -0.05) is 13.8 Å². The lowest BCUT2D eigenvalue weighted by Crippen LogP contribution is -2.50. The zero-order valence-electron chi connectivity index (χ0n) is 11.7. The molecule has 0 aromatic heterocycles. The smallest absolute Gasteiger partial charge is 0.307 e. The minimum atomic E-state index is -1.30. The summed E-state index contributed by atoms with van der Waals surface area (Å²) in [6.45, 7) is 3.10. The summed E-state index contributed by atoms with van der Waals surface area (Å²) in [6, 6.07) is 0.846. The Kier molecular flexibility index (Phi) is 5.31. The minimum absolute atomic E-state index is 0.358. The zero-order valence-corrected chi connectivity index (χ0v) is 11.7. The van der Waals surface area contributed by atoms with Gasteiger partial charge in [-0.05, 0) is 18.9 Å². The number of carbonyl (C=O) groups is 1. The lowest BCUT2D eigenvalue weighted by molar-refractivity contribution is -0.387. The number of halogens is 2. The molecule has 0 spiro atoms. The summed E-state index contributed by atoms with van der Waals surface area (Å²) in [5.74, 6) is -3.42. The average molecular weight is 302 g/mol. The number of hydrogen-bond donors (Lipinski definition) is 2. The Labute approximate surface area is 119 Å². The fraction of sp³-hybridized carbons (Fsp3) is 0.462. The Balaban J connectivity index is 3.14. The van der Waals surface area contributed by atoms with Crippen LogP contribution in [0, 0.1) is 21.7 Å². The maximum atomic E-state index is 13.7. The molecule has 21 heavy (non-hydrogen) atoms. The third-order valence-corrected chi connectivity index (χ3v) is 3.51. The molecule has 116 valence electrons. The predicted molar refractivity (Wildman–Crippen MR) is 70.9 cm³/mol. The molecule has 0 saturated carbocycles. The third-order valence-electron chi connectivity index (χ3n) is 3.51. The van der Waals surface area contributed by atoms with Crippen LogP contribution >= 0.6 is 0 Å². The highest BCUT2D eigenvalue weighted by Gasteiger charge is 2.30. The summed E-state index contributed by atoms with van der Waals surface area (Å²) in [4.78, 5) is 21.4. The minimum Gasteiger partial charge on any atom is -0.394 e. The van der Waals surface area contributed by atoms with Gasteiger partial charge in [-0.2, -0.15) is 4.39 Å². The molecule has 0 atom stereocenters. The second kappa shape index (κ2) is 6.57. The van der Waals surface area contributed by atoms with E-state index in [9.17, 15) is 28.8 Å². The van der Waals surface area contributed by atoms with Crippen molar-refractivity contribution in [2.45, 2.75) is 32.2 Å². The lowest BCUT2D eigenvalue weighted by Gasteiger charge is -2.30. The molecule has 8 heteroatoms.